The molecule has 84 heavy (non-hydrogen) atoms. The Hall–Kier alpha value is -5.92. The third kappa shape index (κ3) is 9.81. The molecule has 2 spiro atoms. The number of ether oxygens (including phenoxy) is 2. The maximum absolute atomic E-state index is 15.7. The second-order valence-corrected chi connectivity index (χ2v) is 27.2. The van der Waals surface area contributed by atoms with E-state index in [2.05, 4.69) is 138 Å². The quantitative estimate of drug-likeness (QED) is 0.0536. The fourth-order valence-electron chi connectivity index (χ4n) is 18.6. The molecule has 440 valence electrons. The maximum Gasteiger partial charge on any atom is 0.340 e. The molecule has 14 bridgehead atoms. The molecule has 7 aliphatic carbocycles. The van der Waals surface area contributed by atoms with Crippen LogP contribution in [0.5, 0.6) is 5.75 Å². The van der Waals surface area contributed by atoms with Crippen molar-refractivity contribution in [3.8, 4) is 16.9 Å². The minimum absolute atomic E-state index is 0.0363. The van der Waals surface area contributed by atoms with Gasteiger partial charge in [0, 0.05) is 54.2 Å². The monoisotopic (exact) mass is 1130 g/mol. The Morgan fingerprint density at radius 1 is 0.810 bits per heavy atom. The summed E-state index contributed by atoms with van der Waals surface area (Å²) in [5, 5.41) is 42.0. The van der Waals surface area contributed by atoms with Gasteiger partial charge < -0.3 is 46.3 Å². The molecule has 0 amide bonds. The van der Waals surface area contributed by atoms with Crippen LogP contribution in [-0.2, 0) is 38.4 Å². The standard InChI is InChI=1S/C73H87N5O6/c1-4-45(33-46-11-6-5-7-12-46)37-62-73-30-21-59-64(66(73)70(82)84-62)58-40-55(80)17-18-56(58)49-13-10-14-50(38-49)60-22-29-72(59)28-20-57-61(83-69(81)65(57)68(72)73)23-27-71(53-25-32-76-63(39-53)74-3)26-19-51(41-71)67(78-42-44(2)79)52-35-47(24-31-75-60)34-48(36-52)43-77-54-15-8-9-16-54/h5-7,10-14,17-18,22-23,29,34-38,40,44-45,51,53-54,59-60,63,67-68,74-80H,4,8-9,15-16,19-21,24-28,30-33,39,41-43H2,1-3H3. The van der Waals surface area contributed by atoms with Gasteiger partial charge in [0.25, 0.3) is 0 Å². The van der Waals surface area contributed by atoms with Crippen LogP contribution in [0.15, 0.2) is 144 Å². The Balaban J connectivity index is 0.979. The number of allylic oxidation sites excluding steroid dienone is 6. The first kappa shape index (κ1) is 55.9. The molecule has 16 rings (SSSR count). The summed E-state index contributed by atoms with van der Waals surface area (Å²) in [6.07, 6.45) is 25.5. The minimum Gasteiger partial charge on any atom is -0.508 e. The lowest BCUT2D eigenvalue weighted by Gasteiger charge is -2.62. The van der Waals surface area contributed by atoms with Gasteiger partial charge in [0.2, 0.25) is 0 Å². The van der Waals surface area contributed by atoms with Gasteiger partial charge in [0.15, 0.2) is 0 Å². The number of aliphatic hydroxyl groups is 1. The average molecular weight is 1130 g/mol. The number of carbonyl (C=O) groups excluding carboxylic acids is 2. The van der Waals surface area contributed by atoms with Gasteiger partial charge in [-0.3, -0.25) is 0 Å². The summed E-state index contributed by atoms with van der Waals surface area (Å²) >= 11 is 0. The van der Waals surface area contributed by atoms with Crippen molar-refractivity contribution >= 4 is 17.5 Å². The molecule has 3 saturated carbocycles. The van der Waals surface area contributed by atoms with E-state index >= 15 is 9.59 Å². The number of rotatable bonds is 12. The molecule has 0 aromatic heterocycles. The van der Waals surface area contributed by atoms with E-state index in [-0.39, 0.29) is 53.2 Å². The van der Waals surface area contributed by atoms with Gasteiger partial charge in [-0.2, -0.15) is 0 Å². The largest absolute Gasteiger partial charge is 0.508 e. The summed E-state index contributed by atoms with van der Waals surface area (Å²) < 4.78 is 13.7. The van der Waals surface area contributed by atoms with Crippen LogP contribution in [-0.4, -0.2) is 67.1 Å². The molecular weight excluding hydrogens is 1040 g/mol. The fourth-order valence-corrected chi connectivity index (χ4v) is 18.6. The molecule has 12 unspecified atom stereocenters. The normalized spacial score (nSPS) is 32.8. The number of carbonyl (C=O) groups is 2. The number of aliphatic hydroxyl groups excluding tert-OH is 1. The number of cyclic esters (lactones) is 1. The summed E-state index contributed by atoms with van der Waals surface area (Å²) in [6.45, 7) is 7.09. The highest BCUT2D eigenvalue weighted by Gasteiger charge is 2.73. The van der Waals surface area contributed by atoms with Crippen molar-refractivity contribution < 1.29 is 29.3 Å². The molecule has 0 radical (unpaired) electrons. The number of piperidine rings is 1. The van der Waals surface area contributed by atoms with Gasteiger partial charge in [0.05, 0.1) is 29.3 Å². The van der Waals surface area contributed by atoms with Gasteiger partial charge in [-0.25, -0.2) is 9.59 Å². The van der Waals surface area contributed by atoms with E-state index in [0.717, 1.165) is 123 Å². The number of fused-ring (bicyclic) bond motifs is 9. The summed E-state index contributed by atoms with van der Waals surface area (Å²) in [5.41, 5.74) is 10.8. The van der Waals surface area contributed by atoms with Crippen LogP contribution in [0.2, 0.25) is 0 Å². The molecule has 5 fully saturated rings. The predicted molar refractivity (Wildman–Crippen MR) is 330 cm³/mol. The predicted octanol–water partition coefficient (Wildman–Crippen LogP) is 12.3. The molecule has 12 atom stereocenters. The topological polar surface area (TPSA) is 153 Å². The lowest BCUT2D eigenvalue weighted by Crippen LogP contribution is -2.58. The Morgan fingerprint density at radius 2 is 1.68 bits per heavy atom. The van der Waals surface area contributed by atoms with Crippen LogP contribution in [0.4, 0.5) is 0 Å². The van der Waals surface area contributed by atoms with Gasteiger partial charge >= 0.3 is 11.9 Å². The minimum atomic E-state index is -0.985. The van der Waals surface area contributed by atoms with Crippen molar-refractivity contribution in [1.82, 2.24) is 26.6 Å². The van der Waals surface area contributed by atoms with Crippen LogP contribution < -0.4 is 26.6 Å². The van der Waals surface area contributed by atoms with E-state index < -0.39 is 22.9 Å². The molecule has 5 heterocycles. The average Bonchev–Trinajstić information content (AvgIpc) is 1.37. The first-order valence-electron chi connectivity index (χ1n) is 32.4. The van der Waals surface area contributed by atoms with Crippen LogP contribution in [0.25, 0.3) is 16.7 Å². The number of hydrogen-bond acceptors (Lipinski definition) is 11. The molecule has 11 nitrogen and oxygen atoms in total. The third-order valence-electron chi connectivity index (χ3n) is 22.5. The zero-order chi connectivity index (χ0) is 57.3. The summed E-state index contributed by atoms with van der Waals surface area (Å²) in [4.78, 5) is 31.3. The van der Waals surface area contributed by atoms with E-state index in [1.165, 1.54) is 47.9 Å². The van der Waals surface area contributed by atoms with Gasteiger partial charge in [0.1, 0.15) is 17.3 Å². The molecule has 2 saturated heterocycles. The first-order valence-corrected chi connectivity index (χ1v) is 32.4. The Kier molecular flexibility index (Phi) is 15.1. The Bertz CT molecular complexity index is 3370. The molecule has 5 aliphatic heterocycles. The molecule has 12 aliphatic rings. The van der Waals surface area contributed by atoms with Crippen LogP contribution >= 0.6 is 0 Å². The van der Waals surface area contributed by atoms with Gasteiger partial charge in [-0.15, -0.1) is 0 Å². The van der Waals surface area contributed by atoms with Crippen molar-refractivity contribution in [2.75, 3.05) is 26.7 Å². The summed E-state index contributed by atoms with van der Waals surface area (Å²) in [5.74, 6) is 1.07. The number of phenolic OH excluding ortho intramolecular Hbond substituents is 1. The van der Waals surface area contributed by atoms with E-state index in [0.29, 0.717) is 60.9 Å². The van der Waals surface area contributed by atoms with Crippen LogP contribution in [0.3, 0.4) is 0 Å². The van der Waals surface area contributed by atoms with Gasteiger partial charge in [-0.05, 0) is 226 Å². The summed E-state index contributed by atoms with van der Waals surface area (Å²) in [6, 6.07) is 32.9. The molecular formula is C73H87N5O6. The third-order valence-corrected chi connectivity index (χ3v) is 22.5. The Labute approximate surface area is 497 Å². The number of phenols is 1. The first-order chi connectivity index (χ1) is 41.0. The van der Waals surface area contributed by atoms with Crippen molar-refractivity contribution in [3.63, 3.8) is 0 Å². The highest BCUT2D eigenvalue weighted by Crippen LogP contribution is 2.77. The fraction of sp³-hybridized carbons (Fsp3) is 0.507. The van der Waals surface area contributed by atoms with Crippen LogP contribution in [0, 0.1) is 45.8 Å². The van der Waals surface area contributed by atoms with Crippen molar-refractivity contribution in [1.29, 1.82) is 0 Å². The van der Waals surface area contributed by atoms with Crippen LogP contribution in [0.1, 0.15) is 156 Å². The molecule has 4 aromatic rings. The van der Waals surface area contributed by atoms with E-state index in [4.69, 9.17) is 9.47 Å². The maximum atomic E-state index is 15.7. The second-order valence-electron chi connectivity index (χ2n) is 27.2. The smallest absolute Gasteiger partial charge is 0.340 e. The lowest BCUT2D eigenvalue weighted by atomic mass is 9.38. The van der Waals surface area contributed by atoms with E-state index in [1.54, 1.807) is 6.07 Å². The molecule has 4 aromatic carbocycles. The number of hydrogen-bond donors (Lipinski definition) is 7. The van der Waals surface area contributed by atoms with Crippen molar-refractivity contribution in [2.24, 2.45) is 45.8 Å². The SMILES string of the molecule is CCC(C=C1OC(=O)C2=C3c4cc(O)ccc4-c4cccc(c4)C4C=CC56CCC7=C(C(=O)OC7=CCC7(C8CCNC(NC)C8)CCC(C7)C(NCC(C)O)c7cc(cc(CNC8CCCC8)c7)CCN4)C5C12CCC36)Cc1ccccc1. The Morgan fingerprint density at radius 3 is 2.51 bits per heavy atom. The molecule has 7 N–H and O–H groups in total. The van der Waals surface area contributed by atoms with Crippen molar-refractivity contribution in [3.05, 3.63) is 177 Å². The van der Waals surface area contributed by atoms with E-state index in [1.807, 2.05) is 19.1 Å². The second kappa shape index (κ2) is 22.7. The number of benzene rings is 4. The number of nitrogens with one attached hydrogen (secondary N) is 5. The van der Waals surface area contributed by atoms with E-state index in [9.17, 15) is 10.2 Å². The van der Waals surface area contributed by atoms with Crippen molar-refractivity contribution in [2.45, 2.75) is 160 Å². The zero-order valence-electron chi connectivity index (χ0n) is 49.6. The van der Waals surface area contributed by atoms with Gasteiger partial charge in [-0.1, -0.05) is 105 Å². The number of aromatic hydroxyl groups is 1. The zero-order valence-corrected chi connectivity index (χ0v) is 49.6. The highest BCUT2D eigenvalue weighted by molar-refractivity contribution is 6.08. The number of esters is 2. The lowest BCUT2D eigenvalue weighted by molar-refractivity contribution is -0.135. The highest BCUT2D eigenvalue weighted by atomic mass is 16.6. The summed E-state index contributed by atoms with van der Waals surface area (Å²) in [7, 11) is 2.07. The molecule has 11 heteroatoms.